The van der Waals surface area contributed by atoms with E-state index in [0.29, 0.717) is 31.6 Å². The summed E-state index contributed by atoms with van der Waals surface area (Å²) in [5.41, 5.74) is -0.00156. The normalized spacial score (nSPS) is 18.3. The van der Waals surface area contributed by atoms with Gasteiger partial charge in [-0.15, -0.1) is 0 Å². The molecule has 6 nitrogen and oxygen atoms in total. The fraction of sp³-hybridized carbons (Fsp3) is 0.579. The summed E-state index contributed by atoms with van der Waals surface area (Å²) in [6, 6.07) is 3.05. The van der Waals surface area contributed by atoms with Crippen LogP contribution in [0.25, 0.3) is 0 Å². The second-order valence-corrected chi connectivity index (χ2v) is 7.23. The van der Waals surface area contributed by atoms with Gasteiger partial charge in [0.1, 0.15) is 0 Å². The molecule has 0 unspecified atom stereocenters. The zero-order chi connectivity index (χ0) is 20.3. The highest BCUT2D eigenvalue weighted by molar-refractivity contribution is 5.93. The number of nitrogens with zero attached hydrogens (tertiary/aromatic N) is 2. The second-order valence-electron chi connectivity index (χ2n) is 7.23. The van der Waals surface area contributed by atoms with Crippen molar-refractivity contribution in [2.75, 3.05) is 43.4 Å². The average Bonchev–Trinajstić information content (AvgIpc) is 3.21. The van der Waals surface area contributed by atoms with Gasteiger partial charge in [-0.2, -0.15) is 13.2 Å². The van der Waals surface area contributed by atoms with Gasteiger partial charge in [0.2, 0.25) is 5.91 Å². The Kier molecular flexibility index (Phi) is 6.00. The summed E-state index contributed by atoms with van der Waals surface area (Å²) in [5.74, 6) is -0.183. The summed E-state index contributed by atoms with van der Waals surface area (Å²) in [7, 11) is 1.58. The van der Waals surface area contributed by atoms with Crippen LogP contribution in [0.15, 0.2) is 18.2 Å². The van der Waals surface area contributed by atoms with E-state index in [2.05, 4.69) is 10.6 Å². The SMILES string of the molecule is CNC(=O)C1CCN(C(=O)Nc2cc(C(F)(F)F)ccc2N2CCCC2)CC1. The van der Waals surface area contributed by atoms with Crippen molar-refractivity contribution in [2.45, 2.75) is 31.9 Å². The van der Waals surface area contributed by atoms with Gasteiger partial charge in [-0.25, -0.2) is 4.79 Å². The van der Waals surface area contributed by atoms with Gasteiger partial charge in [0, 0.05) is 39.1 Å². The largest absolute Gasteiger partial charge is 0.416 e. The number of hydrogen-bond acceptors (Lipinski definition) is 3. The number of alkyl halides is 3. The van der Waals surface area contributed by atoms with Crippen LogP contribution in [0.4, 0.5) is 29.3 Å². The predicted octanol–water partition coefficient (Wildman–Crippen LogP) is 3.30. The molecule has 0 aromatic heterocycles. The van der Waals surface area contributed by atoms with Crippen LogP contribution in [0.3, 0.4) is 0 Å². The van der Waals surface area contributed by atoms with Crippen molar-refractivity contribution in [2.24, 2.45) is 5.92 Å². The van der Waals surface area contributed by atoms with Crippen LogP contribution in [0.2, 0.25) is 0 Å². The first-order valence-corrected chi connectivity index (χ1v) is 9.53. The summed E-state index contributed by atoms with van der Waals surface area (Å²) in [5, 5.41) is 5.28. The third-order valence-corrected chi connectivity index (χ3v) is 5.41. The number of carbonyl (C=O) groups is 2. The molecule has 2 aliphatic heterocycles. The van der Waals surface area contributed by atoms with Crippen LogP contribution in [0, 0.1) is 5.92 Å². The van der Waals surface area contributed by atoms with E-state index in [0.717, 1.165) is 38.1 Å². The Bertz CT molecular complexity index is 724. The van der Waals surface area contributed by atoms with Gasteiger partial charge < -0.3 is 20.4 Å². The highest BCUT2D eigenvalue weighted by atomic mass is 19.4. The minimum absolute atomic E-state index is 0.0470. The van der Waals surface area contributed by atoms with Gasteiger partial charge in [-0.1, -0.05) is 0 Å². The molecule has 2 saturated heterocycles. The second kappa shape index (κ2) is 8.28. The lowest BCUT2D eigenvalue weighted by Crippen LogP contribution is -2.44. The van der Waals surface area contributed by atoms with Crippen LogP contribution in [-0.4, -0.2) is 50.1 Å². The van der Waals surface area contributed by atoms with E-state index in [1.54, 1.807) is 11.9 Å². The molecule has 2 heterocycles. The van der Waals surface area contributed by atoms with Crippen molar-refractivity contribution in [1.82, 2.24) is 10.2 Å². The Labute approximate surface area is 162 Å². The van der Waals surface area contributed by atoms with E-state index in [1.165, 1.54) is 6.07 Å². The Morgan fingerprint density at radius 2 is 1.71 bits per heavy atom. The van der Waals surface area contributed by atoms with Crippen LogP contribution in [0.5, 0.6) is 0 Å². The standard InChI is InChI=1S/C19H25F3N4O2/c1-23-17(27)13-6-10-26(11-7-13)18(28)24-15-12-14(19(20,21)22)4-5-16(15)25-8-2-3-9-25/h4-5,12-13H,2-3,6-11H2,1H3,(H,23,27)(H,24,28). The van der Waals surface area contributed by atoms with Crippen molar-refractivity contribution < 1.29 is 22.8 Å². The monoisotopic (exact) mass is 398 g/mol. The molecule has 0 bridgehead atoms. The Hall–Kier alpha value is -2.45. The smallest absolute Gasteiger partial charge is 0.370 e. The number of anilines is 2. The molecule has 1 aromatic rings. The number of nitrogens with one attached hydrogen (secondary N) is 2. The maximum Gasteiger partial charge on any atom is 0.416 e. The van der Waals surface area contributed by atoms with Crippen molar-refractivity contribution >= 4 is 23.3 Å². The predicted molar refractivity (Wildman–Crippen MR) is 100 cm³/mol. The minimum atomic E-state index is -4.48. The summed E-state index contributed by atoms with van der Waals surface area (Å²) < 4.78 is 39.4. The van der Waals surface area contributed by atoms with Gasteiger partial charge in [-0.05, 0) is 43.9 Å². The van der Waals surface area contributed by atoms with E-state index >= 15 is 0 Å². The summed E-state index contributed by atoms with van der Waals surface area (Å²) in [4.78, 5) is 27.9. The van der Waals surface area contributed by atoms with Gasteiger partial charge in [0.05, 0.1) is 16.9 Å². The van der Waals surface area contributed by atoms with E-state index in [1.807, 2.05) is 4.90 Å². The first-order valence-electron chi connectivity index (χ1n) is 9.53. The highest BCUT2D eigenvalue weighted by Gasteiger charge is 2.33. The van der Waals surface area contributed by atoms with Crippen LogP contribution in [-0.2, 0) is 11.0 Å². The first-order chi connectivity index (χ1) is 13.3. The van der Waals surface area contributed by atoms with E-state index < -0.39 is 17.8 Å². The minimum Gasteiger partial charge on any atom is -0.370 e. The highest BCUT2D eigenvalue weighted by Crippen LogP contribution is 2.36. The van der Waals surface area contributed by atoms with Crippen LogP contribution < -0.4 is 15.5 Å². The molecule has 1 aromatic carbocycles. The lowest BCUT2D eigenvalue weighted by Gasteiger charge is -2.32. The fourth-order valence-corrected chi connectivity index (χ4v) is 3.79. The van der Waals surface area contributed by atoms with Crippen molar-refractivity contribution in [3.63, 3.8) is 0 Å². The summed E-state index contributed by atoms with van der Waals surface area (Å²) in [6.07, 6.45) is -1.46. The van der Waals surface area contributed by atoms with Gasteiger partial charge in [0.25, 0.3) is 0 Å². The molecule has 2 aliphatic rings. The van der Waals surface area contributed by atoms with Crippen LogP contribution in [0.1, 0.15) is 31.2 Å². The number of piperidine rings is 1. The number of urea groups is 1. The molecule has 2 N–H and O–H groups in total. The lowest BCUT2D eigenvalue weighted by atomic mass is 9.96. The quantitative estimate of drug-likeness (QED) is 0.821. The Morgan fingerprint density at radius 3 is 2.29 bits per heavy atom. The molecule has 0 spiro atoms. The molecule has 154 valence electrons. The van der Waals surface area contributed by atoms with Crippen LogP contribution >= 0.6 is 0 Å². The molecule has 3 rings (SSSR count). The molecule has 0 aliphatic carbocycles. The first kappa shape index (κ1) is 20.3. The van der Waals surface area contributed by atoms with Crippen molar-refractivity contribution in [3.05, 3.63) is 23.8 Å². The average molecular weight is 398 g/mol. The van der Waals surface area contributed by atoms with E-state index in [-0.39, 0.29) is 17.5 Å². The fourth-order valence-electron chi connectivity index (χ4n) is 3.79. The zero-order valence-electron chi connectivity index (χ0n) is 15.8. The number of likely N-dealkylation sites (tertiary alicyclic amines) is 1. The Morgan fingerprint density at radius 1 is 1.07 bits per heavy atom. The number of hydrogen-bond donors (Lipinski definition) is 2. The lowest BCUT2D eigenvalue weighted by molar-refractivity contribution is -0.137. The van der Waals surface area contributed by atoms with Crippen molar-refractivity contribution in [1.29, 1.82) is 0 Å². The van der Waals surface area contributed by atoms with Crippen molar-refractivity contribution in [3.8, 4) is 0 Å². The number of carbonyl (C=O) groups excluding carboxylic acids is 2. The topological polar surface area (TPSA) is 64.7 Å². The molecule has 0 saturated carbocycles. The Balaban J connectivity index is 1.74. The molecule has 2 fully saturated rings. The zero-order valence-corrected chi connectivity index (χ0v) is 15.8. The summed E-state index contributed by atoms with van der Waals surface area (Å²) >= 11 is 0. The molecule has 9 heteroatoms. The molecular formula is C19H25F3N4O2. The van der Waals surface area contributed by atoms with Gasteiger partial charge in [0.15, 0.2) is 0 Å². The molecule has 0 atom stereocenters. The molecule has 28 heavy (non-hydrogen) atoms. The molecular weight excluding hydrogens is 373 g/mol. The summed E-state index contributed by atoms with van der Waals surface area (Å²) in [6.45, 7) is 2.29. The third-order valence-electron chi connectivity index (χ3n) is 5.41. The maximum absolute atomic E-state index is 13.1. The number of halogens is 3. The maximum atomic E-state index is 13.1. The molecule has 0 radical (unpaired) electrons. The van der Waals surface area contributed by atoms with Gasteiger partial charge >= 0.3 is 12.2 Å². The van der Waals surface area contributed by atoms with E-state index in [9.17, 15) is 22.8 Å². The number of rotatable bonds is 3. The van der Waals surface area contributed by atoms with E-state index in [4.69, 9.17) is 0 Å². The number of amides is 3. The molecule has 3 amide bonds. The third kappa shape index (κ3) is 4.51. The number of benzene rings is 1. The van der Waals surface area contributed by atoms with Gasteiger partial charge in [-0.3, -0.25) is 4.79 Å².